The van der Waals surface area contributed by atoms with Crippen molar-refractivity contribution in [2.75, 3.05) is 26.2 Å². The first-order chi connectivity index (χ1) is 14.4. The number of nitrogens with zero attached hydrogens (tertiary/aromatic N) is 1. The molecule has 2 aromatic carbocycles. The summed E-state index contributed by atoms with van der Waals surface area (Å²) in [6.45, 7) is 1.12. The molecule has 2 aromatic rings. The van der Waals surface area contributed by atoms with Crippen LogP contribution in [0.1, 0.15) is 19.3 Å². The van der Waals surface area contributed by atoms with Gasteiger partial charge in [-0.05, 0) is 55.7 Å². The molecule has 0 bridgehead atoms. The molecular weight excluding hydrogens is 414 g/mol. The second-order valence-corrected chi connectivity index (χ2v) is 8.99. The topological polar surface area (TPSA) is 75.7 Å². The number of benzene rings is 2. The summed E-state index contributed by atoms with van der Waals surface area (Å²) in [6.07, 6.45) is 1.35. The molecule has 9 heteroatoms. The zero-order valence-corrected chi connectivity index (χ0v) is 17.2. The number of ether oxygens (including phenoxy) is 1. The van der Waals surface area contributed by atoms with Gasteiger partial charge in [-0.3, -0.25) is 4.79 Å². The highest BCUT2D eigenvalue weighted by Gasteiger charge is 2.31. The number of hydrogen-bond donors (Lipinski definition) is 1. The van der Waals surface area contributed by atoms with Crippen LogP contribution in [0.4, 0.5) is 8.78 Å². The fourth-order valence-corrected chi connectivity index (χ4v) is 4.76. The van der Waals surface area contributed by atoms with E-state index in [1.807, 2.05) is 0 Å². The number of rotatable bonds is 8. The van der Waals surface area contributed by atoms with Gasteiger partial charge in [0.1, 0.15) is 5.82 Å². The van der Waals surface area contributed by atoms with Gasteiger partial charge in [0.25, 0.3) is 0 Å². The van der Waals surface area contributed by atoms with Crippen LogP contribution in [-0.4, -0.2) is 44.9 Å². The SMILES string of the molecule is O=C(NCCCOc1ccccc1F)C1CCN(S(=O)(=O)c2ccc(F)cc2)CC1. The average Bonchev–Trinajstić information content (AvgIpc) is 2.75. The summed E-state index contributed by atoms with van der Waals surface area (Å²) in [6, 6.07) is 10.8. The van der Waals surface area contributed by atoms with Crippen LogP contribution in [0.3, 0.4) is 0 Å². The summed E-state index contributed by atoms with van der Waals surface area (Å²) in [5.41, 5.74) is 0. The molecule has 0 radical (unpaired) electrons. The van der Waals surface area contributed by atoms with Crippen molar-refractivity contribution in [1.82, 2.24) is 9.62 Å². The third-order valence-electron chi connectivity index (χ3n) is 4.99. The number of para-hydroxylation sites is 1. The summed E-state index contributed by atoms with van der Waals surface area (Å²) in [5, 5.41) is 2.82. The van der Waals surface area contributed by atoms with E-state index >= 15 is 0 Å². The minimum Gasteiger partial charge on any atom is -0.490 e. The number of amides is 1. The molecular formula is C21H24F2N2O4S. The third kappa shape index (κ3) is 5.54. The molecule has 1 aliphatic rings. The van der Waals surface area contributed by atoms with E-state index in [0.29, 0.717) is 25.8 Å². The molecule has 1 fully saturated rings. The first-order valence-electron chi connectivity index (χ1n) is 9.78. The van der Waals surface area contributed by atoms with Crippen molar-refractivity contribution in [3.05, 3.63) is 60.2 Å². The van der Waals surface area contributed by atoms with Crippen LogP contribution in [0.15, 0.2) is 53.4 Å². The van der Waals surface area contributed by atoms with Crippen molar-refractivity contribution in [2.24, 2.45) is 5.92 Å². The maximum absolute atomic E-state index is 13.5. The van der Waals surface area contributed by atoms with Crippen molar-refractivity contribution in [2.45, 2.75) is 24.2 Å². The van der Waals surface area contributed by atoms with Crippen LogP contribution < -0.4 is 10.1 Å². The number of hydrogen-bond acceptors (Lipinski definition) is 4. The normalized spacial score (nSPS) is 15.7. The standard InChI is InChI=1S/C21H24F2N2O4S/c22-17-6-8-18(9-7-17)30(27,28)25-13-10-16(11-14-25)21(26)24-12-3-15-29-20-5-2-1-4-19(20)23/h1-2,4-9,16H,3,10-15H2,(H,24,26). The Morgan fingerprint density at radius 1 is 1.07 bits per heavy atom. The fourth-order valence-electron chi connectivity index (χ4n) is 3.29. The number of piperidine rings is 1. The minimum absolute atomic E-state index is 0.0432. The zero-order valence-electron chi connectivity index (χ0n) is 16.4. The first kappa shape index (κ1) is 22.2. The van der Waals surface area contributed by atoms with Crippen molar-refractivity contribution in [3.63, 3.8) is 0 Å². The van der Waals surface area contributed by atoms with Gasteiger partial charge >= 0.3 is 0 Å². The van der Waals surface area contributed by atoms with E-state index in [1.54, 1.807) is 18.2 Å². The predicted octanol–water partition coefficient (Wildman–Crippen LogP) is 2.95. The molecule has 162 valence electrons. The zero-order chi connectivity index (χ0) is 21.6. The summed E-state index contributed by atoms with van der Waals surface area (Å²) in [4.78, 5) is 12.4. The van der Waals surface area contributed by atoms with E-state index in [0.717, 1.165) is 12.1 Å². The maximum atomic E-state index is 13.5. The van der Waals surface area contributed by atoms with Crippen molar-refractivity contribution in [3.8, 4) is 5.75 Å². The molecule has 0 aliphatic carbocycles. The van der Waals surface area contributed by atoms with Crippen LogP contribution in [0.2, 0.25) is 0 Å². The highest BCUT2D eigenvalue weighted by atomic mass is 32.2. The van der Waals surface area contributed by atoms with Gasteiger partial charge in [0.05, 0.1) is 11.5 Å². The fraction of sp³-hybridized carbons (Fsp3) is 0.381. The molecule has 3 rings (SSSR count). The number of sulfonamides is 1. The van der Waals surface area contributed by atoms with E-state index in [9.17, 15) is 22.0 Å². The molecule has 30 heavy (non-hydrogen) atoms. The second-order valence-electron chi connectivity index (χ2n) is 7.06. The Hall–Kier alpha value is -2.52. The molecule has 0 unspecified atom stereocenters. The van der Waals surface area contributed by atoms with E-state index in [4.69, 9.17) is 4.74 Å². The third-order valence-corrected chi connectivity index (χ3v) is 6.90. The summed E-state index contributed by atoms with van der Waals surface area (Å²) in [7, 11) is -3.69. The Kier molecular flexibility index (Phi) is 7.38. The lowest BCUT2D eigenvalue weighted by molar-refractivity contribution is -0.126. The van der Waals surface area contributed by atoms with E-state index < -0.39 is 21.7 Å². The monoisotopic (exact) mass is 438 g/mol. The van der Waals surface area contributed by atoms with Gasteiger partial charge in [-0.15, -0.1) is 0 Å². The van der Waals surface area contributed by atoms with E-state index in [-0.39, 0.29) is 42.2 Å². The number of halogens is 2. The summed E-state index contributed by atoms with van der Waals surface area (Å²) >= 11 is 0. The van der Waals surface area contributed by atoms with E-state index in [1.165, 1.54) is 22.5 Å². The Morgan fingerprint density at radius 3 is 2.40 bits per heavy atom. The molecule has 0 saturated carbocycles. The Bertz CT molecular complexity index is 959. The maximum Gasteiger partial charge on any atom is 0.243 e. The van der Waals surface area contributed by atoms with Gasteiger partial charge in [0.2, 0.25) is 15.9 Å². The van der Waals surface area contributed by atoms with Crippen LogP contribution >= 0.6 is 0 Å². The summed E-state index contributed by atoms with van der Waals surface area (Å²) < 4.78 is 58.4. The molecule has 1 heterocycles. The van der Waals surface area contributed by atoms with Crippen LogP contribution in [0, 0.1) is 17.6 Å². The molecule has 1 amide bonds. The van der Waals surface area contributed by atoms with E-state index in [2.05, 4.69) is 5.32 Å². The second kappa shape index (κ2) is 9.99. The quantitative estimate of drug-likeness (QED) is 0.643. The first-order valence-corrected chi connectivity index (χ1v) is 11.2. The lowest BCUT2D eigenvalue weighted by Gasteiger charge is -2.30. The number of carbonyl (C=O) groups excluding carboxylic acids is 1. The van der Waals surface area contributed by atoms with Gasteiger partial charge in [-0.1, -0.05) is 12.1 Å². The van der Waals surface area contributed by atoms with Gasteiger partial charge in [-0.2, -0.15) is 4.31 Å². The van der Waals surface area contributed by atoms with Gasteiger partial charge in [0, 0.05) is 25.6 Å². The molecule has 1 N–H and O–H groups in total. The largest absolute Gasteiger partial charge is 0.490 e. The van der Waals surface area contributed by atoms with Gasteiger partial charge < -0.3 is 10.1 Å². The minimum atomic E-state index is -3.69. The van der Waals surface area contributed by atoms with Crippen molar-refractivity contribution >= 4 is 15.9 Å². The van der Waals surface area contributed by atoms with Gasteiger partial charge in [-0.25, -0.2) is 17.2 Å². The Morgan fingerprint density at radius 2 is 1.73 bits per heavy atom. The predicted molar refractivity (Wildman–Crippen MR) is 107 cm³/mol. The molecule has 1 aliphatic heterocycles. The highest BCUT2D eigenvalue weighted by molar-refractivity contribution is 7.89. The lowest BCUT2D eigenvalue weighted by Crippen LogP contribution is -2.43. The molecule has 1 saturated heterocycles. The Labute approximate surface area is 174 Å². The molecule has 0 spiro atoms. The van der Waals surface area contributed by atoms with Gasteiger partial charge in [0.15, 0.2) is 11.6 Å². The molecule has 6 nitrogen and oxygen atoms in total. The molecule has 0 aromatic heterocycles. The van der Waals surface area contributed by atoms with Crippen molar-refractivity contribution < 1.29 is 26.7 Å². The number of carbonyl (C=O) groups is 1. The molecule has 0 atom stereocenters. The lowest BCUT2D eigenvalue weighted by atomic mass is 9.97. The number of nitrogens with one attached hydrogen (secondary N) is 1. The highest BCUT2D eigenvalue weighted by Crippen LogP contribution is 2.24. The van der Waals surface area contributed by atoms with Crippen LogP contribution in [0.25, 0.3) is 0 Å². The van der Waals surface area contributed by atoms with Crippen LogP contribution in [0.5, 0.6) is 5.75 Å². The van der Waals surface area contributed by atoms with Crippen LogP contribution in [-0.2, 0) is 14.8 Å². The Balaban J connectivity index is 1.40. The average molecular weight is 438 g/mol. The smallest absolute Gasteiger partial charge is 0.243 e. The van der Waals surface area contributed by atoms with Crippen molar-refractivity contribution in [1.29, 1.82) is 0 Å². The summed E-state index contributed by atoms with van der Waals surface area (Å²) in [5.74, 6) is -1.14.